The zero-order chi connectivity index (χ0) is 13.9. The lowest BCUT2D eigenvalue weighted by molar-refractivity contribution is -0.138. The number of halogens is 2. The largest absolute Gasteiger partial charge is 0.493 e. The highest BCUT2D eigenvalue weighted by atomic mass is 79.9. The Morgan fingerprint density at radius 1 is 1.50 bits per heavy atom. The van der Waals surface area contributed by atoms with Crippen LogP contribution in [-0.4, -0.2) is 31.3 Å². The van der Waals surface area contributed by atoms with E-state index in [4.69, 9.17) is 20.3 Å². The Kier molecular flexibility index (Phi) is 4.92. The van der Waals surface area contributed by atoms with Gasteiger partial charge in [-0.2, -0.15) is 4.39 Å². The topological polar surface area (TPSA) is 81.8 Å². The summed E-state index contributed by atoms with van der Waals surface area (Å²) in [6.07, 6.45) is -0.0436. The molecule has 3 N–H and O–H groups in total. The second kappa shape index (κ2) is 6.01. The van der Waals surface area contributed by atoms with Gasteiger partial charge in [0, 0.05) is 12.0 Å². The summed E-state index contributed by atoms with van der Waals surface area (Å²) in [4.78, 5) is 10.7. The van der Waals surface area contributed by atoms with Gasteiger partial charge in [-0.3, -0.25) is 4.79 Å². The van der Waals surface area contributed by atoms with E-state index < -0.39 is 17.8 Å². The van der Waals surface area contributed by atoms with Crippen LogP contribution in [0.25, 0.3) is 0 Å². The van der Waals surface area contributed by atoms with Crippen molar-refractivity contribution in [3.63, 3.8) is 0 Å². The third-order valence-corrected chi connectivity index (χ3v) is 2.96. The van der Waals surface area contributed by atoms with Gasteiger partial charge in [0.25, 0.3) is 0 Å². The van der Waals surface area contributed by atoms with Crippen LogP contribution in [0.4, 0.5) is 4.39 Å². The van der Waals surface area contributed by atoms with Gasteiger partial charge in [-0.15, -0.1) is 0 Å². The molecule has 100 valence electrons. The maximum Gasteiger partial charge on any atom is 0.320 e. The minimum atomic E-state index is -1.16. The van der Waals surface area contributed by atoms with E-state index in [1.54, 1.807) is 0 Å². The van der Waals surface area contributed by atoms with E-state index >= 15 is 0 Å². The number of nitrogens with two attached hydrogens (primary N) is 1. The number of hydrogen-bond donors (Lipinski definition) is 2. The molecule has 0 aliphatic heterocycles. The smallest absolute Gasteiger partial charge is 0.320 e. The summed E-state index contributed by atoms with van der Waals surface area (Å²) in [6.45, 7) is 0. The number of benzene rings is 1. The van der Waals surface area contributed by atoms with Gasteiger partial charge in [-0.05, 0) is 22.0 Å². The molecule has 0 spiro atoms. The Morgan fingerprint density at radius 2 is 2.06 bits per heavy atom. The SMILES string of the molecule is COc1c(Br)cc(CC(N)C(=O)O)c(OC)c1F. The fourth-order valence-electron chi connectivity index (χ4n) is 1.52. The number of carbonyl (C=O) groups is 1. The van der Waals surface area contributed by atoms with Crippen molar-refractivity contribution in [3.8, 4) is 11.5 Å². The maximum absolute atomic E-state index is 14.0. The van der Waals surface area contributed by atoms with Crippen molar-refractivity contribution in [1.82, 2.24) is 0 Å². The van der Waals surface area contributed by atoms with Crippen LogP contribution in [0.2, 0.25) is 0 Å². The molecule has 0 bridgehead atoms. The van der Waals surface area contributed by atoms with Crippen LogP contribution in [0, 0.1) is 5.82 Å². The van der Waals surface area contributed by atoms with Crippen LogP contribution >= 0.6 is 15.9 Å². The Balaban J connectivity index is 3.24. The Hall–Kier alpha value is -1.34. The molecule has 0 amide bonds. The molecular weight excluding hydrogens is 309 g/mol. The fraction of sp³-hybridized carbons (Fsp3) is 0.364. The highest BCUT2D eigenvalue weighted by Crippen LogP contribution is 2.37. The van der Waals surface area contributed by atoms with E-state index in [0.717, 1.165) is 0 Å². The van der Waals surface area contributed by atoms with Gasteiger partial charge in [-0.25, -0.2) is 0 Å². The molecule has 0 aliphatic rings. The summed E-state index contributed by atoms with van der Waals surface area (Å²) < 4.78 is 24.2. The Morgan fingerprint density at radius 3 is 2.50 bits per heavy atom. The lowest BCUT2D eigenvalue weighted by Gasteiger charge is -2.15. The quantitative estimate of drug-likeness (QED) is 0.860. The number of carboxylic acids is 1. The molecule has 1 rings (SSSR count). The van der Waals surface area contributed by atoms with Gasteiger partial charge in [0.05, 0.1) is 18.7 Å². The molecular formula is C11H13BrFNO4. The Labute approximate surface area is 112 Å². The maximum atomic E-state index is 14.0. The van der Waals surface area contributed by atoms with E-state index in [2.05, 4.69) is 15.9 Å². The van der Waals surface area contributed by atoms with Crippen LogP contribution in [0.15, 0.2) is 10.5 Å². The van der Waals surface area contributed by atoms with Crippen molar-refractivity contribution in [3.05, 3.63) is 21.9 Å². The molecule has 1 unspecified atom stereocenters. The van der Waals surface area contributed by atoms with Gasteiger partial charge in [0.2, 0.25) is 5.82 Å². The normalized spacial score (nSPS) is 12.1. The number of ether oxygens (including phenoxy) is 2. The molecule has 0 radical (unpaired) electrons. The summed E-state index contributed by atoms with van der Waals surface area (Å²) in [6, 6.07) is 0.405. The van der Waals surface area contributed by atoms with Crippen molar-refractivity contribution in [2.24, 2.45) is 5.73 Å². The van der Waals surface area contributed by atoms with E-state index in [-0.39, 0.29) is 17.9 Å². The van der Waals surface area contributed by atoms with Crippen LogP contribution in [-0.2, 0) is 11.2 Å². The first-order valence-electron chi connectivity index (χ1n) is 4.99. The van der Waals surface area contributed by atoms with E-state index in [1.807, 2.05) is 0 Å². The highest BCUT2D eigenvalue weighted by Gasteiger charge is 2.22. The number of methoxy groups -OCH3 is 2. The third-order valence-electron chi connectivity index (χ3n) is 2.37. The van der Waals surface area contributed by atoms with E-state index in [9.17, 15) is 9.18 Å². The van der Waals surface area contributed by atoms with Crippen LogP contribution in [0.5, 0.6) is 11.5 Å². The number of rotatable bonds is 5. The first-order chi connectivity index (χ1) is 8.42. The van der Waals surface area contributed by atoms with E-state index in [1.165, 1.54) is 20.3 Å². The lowest BCUT2D eigenvalue weighted by Crippen LogP contribution is -2.32. The molecule has 0 aromatic heterocycles. The van der Waals surface area contributed by atoms with Crippen molar-refractivity contribution in [1.29, 1.82) is 0 Å². The molecule has 0 saturated carbocycles. The molecule has 0 aliphatic carbocycles. The highest BCUT2D eigenvalue weighted by molar-refractivity contribution is 9.10. The zero-order valence-electron chi connectivity index (χ0n) is 9.87. The van der Waals surface area contributed by atoms with Gasteiger partial charge in [-0.1, -0.05) is 0 Å². The monoisotopic (exact) mass is 321 g/mol. The minimum Gasteiger partial charge on any atom is -0.493 e. The fourth-order valence-corrected chi connectivity index (χ4v) is 2.13. The molecule has 0 heterocycles. The minimum absolute atomic E-state index is 0.000466. The van der Waals surface area contributed by atoms with Crippen LogP contribution in [0.1, 0.15) is 5.56 Å². The average Bonchev–Trinajstić information content (AvgIpc) is 2.29. The number of hydrogen-bond acceptors (Lipinski definition) is 4. The van der Waals surface area contributed by atoms with E-state index in [0.29, 0.717) is 10.0 Å². The van der Waals surface area contributed by atoms with Gasteiger partial charge in [0.1, 0.15) is 6.04 Å². The second-order valence-corrected chi connectivity index (χ2v) is 4.40. The molecule has 1 aromatic rings. The summed E-state index contributed by atoms with van der Waals surface area (Å²) >= 11 is 3.14. The van der Waals surface area contributed by atoms with Crippen molar-refractivity contribution < 1.29 is 23.8 Å². The van der Waals surface area contributed by atoms with Crippen LogP contribution < -0.4 is 15.2 Å². The van der Waals surface area contributed by atoms with Crippen molar-refractivity contribution >= 4 is 21.9 Å². The predicted octanol–water partition coefficient (Wildman–Crippen LogP) is 1.56. The first-order valence-corrected chi connectivity index (χ1v) is 5.78. The summed E-state index contributed by atoms with van der Waals surface area (Å²) in [5.41, 5.74) is 5.78. The van der Waals surface area contributed by atoms with Crippen molar-refractivity contribution in [2.75, 3.05) is 14.2 Å². The van der Waals surface area contributed by atoms with Crippen LogP contribution in [0.3, 0.4) is 0 Å². The molecule has 18 heavy (non-hydrogen) atoms. The molecule has 7 heteroatoms. The average molecular weight is 322 g/mol. The zero-order valence-corrected chi connectivity index (χ0v) is 11.5. The molecule has 1 atom stereocenters. The van der Waals surface area contributed by atoms with Gasteiger partial charge < -0.3 is 20.3 Å². The predicted molar refractivity (Wildman–Crippen MR) is 66.5 cm³/mol. The van der Waals surface area contributed by atoms with Gasteiger partial charge >= 0.3 is 5.97 Å². The van der Waals surface area contributed by atoms with Gasteiger partial charge in [0.15, 0.2) is 11.5 Å². The molecule has 5 nitrogen and oxygen atoms in total. The number of aliphatic carboxylic acids is 1. The summed E-state index contributed by atoms with van der Waals surface area (Å²) in [5, 5.41) is 8.75. The molecule has 0 saturated heterocycles. The standard InChI is InChI=1S/C11H13BrFNO4/c1-17-9-5(4-7(14)11(15)16)3-6(12)10(18-2)8(9)13/h3,7H,4,14H2,1-2H3,(H,15,16). The first kappa shape index (κ1) is 14.7. The summed E-state index contributed by atoms with van der Waals surface area (Å²) in [7, 11) is 2.62. The lowest BCUT2D eigenvalue weighted by atomic mass is 10.0. The molecule has 1 aromatic carbocycles. The Bertz CT molecular complexity index is 467. The number of carboxylic acid groups (broad SMARTS) is 1. The second-order valence-electron chi connectivity index (χ2n) is 3.55. The molecule has 0 fully saturated rings. The van der Waals surface area contributed by atoms with Crippen molar-refractivity contribution in [2.45, 2.75) is 12.5 Å². The third kappa shape index (κ3) is 2.91. The summed E-state index contributed by atoms with van der Waals surface area (Å²) in [5.74, 6) is -1.92.